The molecule has 4 nitrogen and oxygen atoms in total. The van der Waals surface area contributed by atoms with E-state index < -0.39 is 0 Å². The van der Waals surface area contributed by atoms with Crippen LogP contribution in [0.4, 0.5) is 10.5 Å². The van der Waals surface area contributed by atoms with Gasteiger partial charge in [0.1, 0.15) is 6.10 Å². The third-order valence-electron chi connectivity index (χ3n) is 4.32. The number of para-hydroxylation sites is 1. The molecule has 1 aliphatic rings. The van der Waals surface area contributed by atoms with Crippen molar-refractivity contribution in [1.29, 1.82) is 0 Å². The van der Waals surface area contributed by atoms with Crippen LogP contribution in [0.2, 0.25) is 5.02 Å². The quantitative estimate of drug-likeness (QED) is 0.867. The van der Waals surface area contributed by atoms with E-state index in [0.29, 0.717) is 24.7 Å². The van der Waals surface area contributed by atoms with Crippen LogP contribution in [0.25, 0.3) is 0 Å². The zero-order valence-electron chi connectivity index (χ0n) is 13.9. The Labute approximate surface area is 147 Å². The maximum absolute atomic E-state index is 12.7. The number of nitrogens with one attached hydrogen (secondary N) is 1. The SMILES string of the molecule is Cc1cccc(C)c1NC(=O)N1CCOC(c2ccccc2Cl)C1. The lowest BCUT2D eigenvalue weighted by Crippen LogP contribution is -2.44. The second-order valence-corrected chi connectivity index (χ2v) is 6.43. The smallest absolute Gasteiger partial charge is 0.322 e. The first-order valence-corrected chi connectivity index (χ1v) is 8.42. The summed E-state index contributed by atoms with van der Waals surface area (Å²) in [5.74, 6) is 0. The van der Waals surface area contributed by atoms with Gasteiger partial charge < -0.3 is 15.0 Å². The second-order valence-electron chi connectivity index (χ2n) is 6.02. The van der Waals surface area contributed by atoms with Crippen LogP contribution in [0.3, 0.4) is 0 Å². The van der Waals surface area contributed by atoms with Gasteiger partial charge in [-0.2, -0.15) is 0 Å². The number of carbonyl (C=O) groups is 1. The molecule has 1 aliphatic heterocycles. The number of carbonyl (C=O) groups excluding carboxylic acids is 1. The number of hydrogen-bond donors (Lipinski definition) is 1. The average Bonchev–Trinajstić information content (AvgIpc) is 2.59. The number of rotatable bonds is 2. The summed E-state index contributed by atoms with van der Waals surface area (Å²) in [6, 6.07) is 13.5. The normalized spacial score (nSPS) is 17.6. The molecule has 126 valence electrons. The van der Waals surface area contributed by atoms with Crippen molar-refractivity contribution in [3.05, 3.63) is 64.2 Å². The molecule has 0 radical (unpaired) electrons. The zero-order chi connectivity index (χ0) is 17.1. The molecule has 1 heterocycles. The Morgan fingerprint density at radius 2 is 1.88 bits per heavy atom. The lowest BCUT2D eigenvalue weighted by molar-refractivity contribution is -0.0134. The predicted octanol–water partition coefficient (Wildman–Crippen LogP) is 4.56. The molecule has 2 aromatic carbocycles. The number of halogens is 1. The highest BCUT2D eigenvalue weighted by Gasteiger charge is 2.27. The van der Waals surface area contributed by atoms with Crippen LogP contribution in [0.5, 0.6) is 0 Å². The van der Waals surface area contributed by atoms with Crippen LogP contribution in [0.15, 0.2) is 42.5 Å². The minimum atomic E-state index is -0.198. The molecule has 0 bridgehead atoms. The summed E-state index contributed by atoms with van der Waals surface area (Å²) in [6.07, 6.45) is -0.198. The summed E-state index contributed by atoms with van der Waals surface area (Å²) in [4.78, 5) is 14.4. The van der Waals surface area contributed by atoms with E-state index in [1.54, 1.807) is 4.90 Å². The summed E-state index contributed by atoms with van der Waals surface area (Å²) in [6.45, 7) is 5.54. The molecule has 0 spiro atoms. The van der Waals surface area contributed by atoms with Crippen molar-refractivity contribution < 1.29 is 9.53 Å². The highest BCUT2D eigenvalue weighted by atomic mass is 35.5. The summed E-state index contributed by atoms with van der Waals surface area (Å²) in [7, 11) is 0. The molecular weight excluding hydrogens is 324 g/mol. The minimum absolute atomic E-state index is 0.104. The van der Waals surface area contributed by atoms with Gasteiger partial charge in [-0.3, -0.25) is 0 Å². The summed E-state index contributed by atoms with van der Waals surface area (Å²) in [5.41, 5.74) is 3.91. The Morgan fingerprint density at radius 3 is 2.58 bits per heavy atom. The maximum Gasteiger partial charge on any atom is 0.322 e. The van der Waals surface area contributed by atoms with Crippen LogP contribution in [-0.2, 0) is 4.74 Å². The second kappa shape index (κ2) is 7.24. The van der Waals surface area contributed by atoms with Gasteiger partial charge >= 0.3 is 6.03 Å². The maximum atomic E-state index is 12.7. The molecule has 1 atom stereocenters. The number of anilines is 1. The van der Waals surface area contributed by atoms with E-state index in [4.69, 9.17) is 16.3 Å². The van der Waals surface area contributed by atoms with E-state index in [2.05, 4.69) is 5.32 Å². The number of amides is 2. The highest BCUT2D eigenvalue weighted by Crippen LogP contribution is 2.29. The van der Waals surface area contributed by atoms with Crippen molar-refractivity contribution >= 4 is 23.3 Å². The summed E-state index contributed by atoms with van der Waals surface area (Å²) in [5, 5.41) is 3.70. The van der Waals surface area contributed by atoms with Crippen molar-refractivity contribution in [3.63, 3.8) is 0 Å². The van der Waals surface area contributed by atoms with Crippen molar-refractivity contribution in [2.45, 2.75) is 20.0 Å². The molecule has 5 heteroatoms. The first-order chi connectivity index (χ1) is 11.6. The molecule has 0 saturated carbocycles. The number of nitrogens with zero attached hydrogens (tertiary/aromatic N) is 1. The van der Waals surface area contributed by atoms with Gasteiger partial charge in [0.25, 0.3) is 0 Å². The monoisotopic (exact) mass is 344 g/mol. The molecule has 1 fully saturated rings. The first kappa shape index (κ1) is 16.8. The molecule has 1 N–H and O–H groups in total. The summed E-state index contributed by atoms with van der Waals surface area (Å²) < 4.78 is 5.82. The van der Waals surface area contributed by atoms with Gasteiger partial charge in [-0.15, -0.1) is 0 Å². The third kappa shape index (κ3) is 3.55. The molecule has 1 saturated heterocycles. The largest absolute Gasteiger partial charge is 0.370 e. The summed E-state index contributed by atoms with van der Waals surface area (Å²) >= 11 is 6.26. The number of urea groups is 1. The zero-order valence-corrected chi connectivity index (χ0v) is 14.6. The Balaban J connectivity index is 1.73. The molecule has 2 amide bonds. The van der Waals surface area contributed by atoms with Gasteiger partial charge in [-0.1, -0.05) is 48.0 Å². The van der Waals surface area contributed by atoms with Crippen LogP contribution in [0, 0.1) is 13.8 Å². The number of morpholine rings is 1. The van der Waals surface area contributed by atoms with Gasteiger partial charge in [0, 0.05) is 22.8 Å². The Kier molecular flexibility index (Phi) is 5.07. The topological polar surface area (TPSA) is 41.6 Å². The lowest BCUT2D eigenvalue weighted by atomic mass is 10.1. The minimum Gasteiger partial charge on any atom is -0.370 e. The Bertz CT molecular complexity index is 728. The third-order valence-corrected chi connectivity index (χ3v) is 4.66. The molecule has 24 heavy (non-hydrogen) atoms. The fraction of sp³-hybridized carbons (Fsp3) is 0.316. The molecule has 3 rings (SSSR count). The van der Waals surface area contributed by atoms with E-state index in [1.165, 1.54) is 0 Å². The number of aryl methyl sites for hydroxylation is 2. The van der Waals surface area contributed by atoms with E-state index in [9.17, 15) is 4.79 Å². The highest BCUT2D eigenvalue weighted by molar-refractivity contribution is 6.31. The van der Waals surface area contributed by atoms with Crippen molar-refractivity contribution in [1.82, 2.24) is 4.90 Å². The van der Waals surface area contributed by atoms with Gasteiger partial charge in [-0.25, -0.2) is 4.79 Å². The molecule has 1 unspecified atom stereocenters. The average molecular weight is 345 g/mol. The number of ether oxygens (including phenoxy) is 1. The van der Waals surface area contributed by atoms with Crippen LogP contribution in [0.1, 0.15) is 22.8 Å². The van der Waals surface area contributed by atoms with Crippen LogP contribution in [-0.4, -0.2) is 30.6 Å². The van der Waals surface area contributed by atoms with Crippen molar-refractivity contribution in [3.8, 4) is 0 Å². The molecular formula is C19H21ClN2O2. The van der Waals surface area contributed by atoms with Crippen LogP contribution < -0.4 is 5.32 Å². The van der Waals surface area contributed by atoms with E-state index >= 15 is 0 Å². The van der Waals surface area contributed by atoms with Crippen LogP contribution >= 0.6 is 11.6 Å². The van der Waals surface area contributed by atoms with Gasteiger partial charge in [0.15, 0.2) is 0 Å². The molecule has 0 aromatic heterocycles. The van der Waals surface area contributed by atoms with E-state index in [1.807, 2.05) is 56.3 Å². The Morgan fingerprint density at radius 1 is 1.17 bits per heavy atom. The van der Waals surface area contributed by atoms with Gasteiger partial charge in [0.05, 0.1) is 13.2 Å². The standard InChI is InChI=1S/C19H21ClN2O2/c1-13-6-5-7-14(2)18(13)21-19(23)22-10-11-24-17(12-22)15-8-3-4-9-16(15)20/h3-9,17H,10-12H2,1-2H3,(H,21,23). The van der Waals surface area contributed by atoms with Gasteiger partial charge in [-0.05, 0) is 31.0 Å². The van der Waals surface area contributed by atoms with Crippen molar-refractivity contribution in [2.75, 3.05) is 25.0 Å². The number of benzene rings is 2. The fourth-order valence-corrected chi connectivity index (χ4v) is 3.21. The Hall–Kier alpha value is -2.04. The van der Waals surface area contributed by atoms with E-state index in [0.717, 1.165) is 22.4 Å². The molecule has 2 aromatic rings. The first-order valence-electron chi connectivity index (χ1n) is 8.04. The van der Waals surface area contributed by atoms with Gasteiger partial charge in [0.2, 0.25) is 0 Å². The fourth-order valence-electron chi connectivity index (χ4n) is 2.96. The van der Waals surface area contributed by atoms with Crippen molar-refractivity contribution in [2.24, 2.45) is 0 Å². The van der Waals surface area contributed by atoms with E-state index in [-0.39, 0.29) is 12.1 Å². The number of hydrogen-bond acceptors (Lipinski definition) is 2. The predicted molar refractivity (Wildman–Crippen MR) is 96.7 cm³/mol. The molecule has 0 aliphatic carbocycles. The lowest BCUT2D eigenvalue weighted by Gasteiger charge is -2.33.